The maximum absolute atomic E-state index is 12.6. The monoisotopic (exact) mass is 488 g/mol. The molecule has 2 N–H and O–H groups in total. The third kappa shape index (κ3) is 4.44. The maximum Gasteiger partial charge on any atom is 0.227 e. The standard InChI is InChI=1S/C30H32O6/c1-16(2)19-8-7-17(3)27-22(12-19)18(4)11-23(27)28(20-9-10-25(34-5)26(13-20)35-6)30-29(33)24(32)14-21(15-31)36-30/h7-14,16,28,31,33H,15H2,1-6H3. The van der Waals surface area contributed by atoms with Gasteiger partial charge in [-0.25, -0.2) is 0 Å². The molecule has 0 radical (unpaired) electrons. The number of aliphatic hydroxyl groups excluding tert-OH is 1. The highest BCUT2D eigenvalue weighted by atomic mass is 16.5. The zero-order chi connectivity index (χ0) is 26.1. The third-order valence-electron chi connectivity index (χ3n) is 6.72. The number of hydrogen-bond acceptors (Lipinski definition) is 6. The summed E-state index contributed by atoms with van der Waals surface area (Å²) in [4.78, 5) is 12.6. The van der Waals surface area contributed by atoms with Crippen LogP contribution in [0.3, 0.4) is 0 Å². The van der Waals surface area contributed by atoms with Crippen molar-refractivity contribution in [3.05, 3.63) is 98.1 Å². The fraction of sp³-hybridized carbons (Fsp3) is 0.300. The van der Waals surface area contributed by atoms with Crippen LogP contribution < -0.4 is 14.9 Å². The lowest BCUT2D eigenvalue weighted by molar-refractivity contribution is 0.235. The van der Waals surface area contributed by atoms with Crippen molar-refractivity contribution in [3.8, 4) is 28.4 Å². The van der Waals surface area contributed by atoms with E-state index in [0.717, 1.165) is 39.4 Å². The van der Waals surface area contributed by atoms with Gasteiger partial charge < -0.3 is 24.1 Å². The molecule has 1 aromatic carbocycles. The molecule has 0 bridgehead atoms. The van der Waals surface area contributed by atoms with E-state index in [0.29, 0.717) is 17.4 Å². The van der Waals surface area contributed by atoms with Crippen molar-refractivity contribution < 1.29 is 24.1 Å². The summed E-state index contributed by atoms with van der Waals surface area (Å²) in [5.41, 5.74) is 6.49. The van der Waals surface area contributed by atoms with Crippen LogP contribution in [0.2, 0.25) is 0 Å². The third-order valence-corrected chi connectivity index (χ3v) is 6.72. The molecular weight excluding hydrogens is 456 g/mol. The summed E-state index contributed by atoms with van der Waals surface area (Å²) in [6, 6.07) is 15.1. The highest BCUT2D eigenvalue weighted by Gasteiger charge is 2.31. The number of fused-ring (bicyclic) bond motifs is 1. The molecule has 1 unspecified atom stereocenters. The fourth-order valence-electron chi connectivity index (χ4n) is 4.80. The van der Waals surface area contributed by atoms with E-state index in [2.05, 4.69) is 52.0 Å². The van der Waals surface area contributed by atoms with Crippen molar-refractivity contribution in [3.63, 3.8) is 0 Å². The number of aliphatic hydroxyl groups is 1. The van der Waals surface area contributed by atoms with Gasteiger partial charge in [0.25, 0.3) is 0 Å². The predicted octanol–water partition coefficient (Wildman–Crippen LogP) is 5.88. The zero-order valence-corrected chi connectivity index (χ0v) is 21.5. The largest absolute Gasteiger partial charge is 0.502 e. The Bertz CT molecular complexity index is 1430. The molecular formula is C30H32O6. The summed E-state index contributed by atoms with van der Waals surface area (Å²) in [6.45, 7) is 7.97. The van der Waals surface area contributed by atoms with Gasteiger partial charge in [-0.05, 0) is 70.8 Å². The molecule has 6 nitrogen and oxygen atoms in total. The summed E-state index contributed by atoms with van der Waals surface area (Å²) in [5.74, 6) is 0.432. The smallest absolute Gasteiger partial charge is 0.227 e. The fourth-order valence-corrected chi connectivity index (χ4v) is 4.80. The van der Waals surface area contributed by atoms with E-state index in [-0.39, 0.29) is 11.5 Å². The number of methoxy groups -OCH3 is 2. The van der Waals surface area contributed by atoms with Crippen molar-refractivity contribution in [1.82, 2.24) is 0 Å². The summed E-state index contributed by atoms with van der Waals surface area (Å²) < 4.78 is 16.9. The van der Waals surface area contributed by atoms with Crippen molar-refractivity contribution in [2.45, 2.75) is 46.1 Å². The number of aryl methyl sites for hydroxylation is 2. The van der Waals surface area contributed by atoms with E-state index >= 15 is 0 Å². The summed E-state index contributed by atoms with van der Waals surface area (Å²) in [7, 11) is 3.12. The molecule has 1 heterocycles. The van der Waals surface area contributed by atoms with E-state index < -0.39 is 23.7 Å². The molecule has 188 valence electrons. The average molecular weight is 489 g/mol. The molecule has 0 saturated carbocycles. The molecule has 0 amide bonds. The van der Waals surface area contributed by atoms with E-state index in [1.165, 1.54) is 5.56 Å². The second kappa shape index (κ2) is 10.1. The van der Waals surface area contributed by atoms with Crippen LogP contribution in [0.15, 0.2) is 57.7 Å². The average Bonchev–Trinajstić information content (AvgIpc) is 3.06. The number of benzene rings is 1. The SMILES string of the molecule is COc1ccc(C(c2cc(C)c3cc(C(C)C)ccc(C)c2-3)c2oc(CO)cc(=O)c2O)cc1OC. The molecule has 6 heteroatoms. The van der Waals surface area contributed by atoms with Crippen molar-refractivity contribution in [1.29, 1.82) is 0 Å². The van der Waals surface area contributed by atoms with E-state index in [1.54, 1.807) is 20.3 Å². The van der Waals surface area contributed by atoms with Gasteiger partial charge in [-0.15, -0.1) is 0 Å². The molecule has 2 aromatic rings. The van der Waals surface area contributed by atoms with Gasteiger partial charge in [-0.2, -0.15) is 0 Å². The van der Waals surface area contributed by atoms with Crippen LogP contribution in [-0.4, -0.2) is 24.4 Å². The van der Waals surface area contributed by atoms with Crippen LogP contribution in [0.5, 0.6) is 17.2 Å². The van der Waals surface area contributed by atoms with Gasteiger partial charge in [-0.3, -0.25) is 4.79 Å². The maximum atomic E-state index is 12.6. The normalized spacial score (nSPS) is 12.2. The molecule has 0 spiro atoms. The zero-order valence-electron chi connectivity index (χ0n) is 21.5. The first-order valence-electron chi connectivity index (χ1n) is 11.9. The summed E-state index contributed by atoms with van der Waals surface area (Å²) in [5, 5.41) is 20.6. The van der Waals surface area contributed by atoms with Crippen LogP contribution >= 0.6 is 0 Å². The Hall–Kier alpha value is -3.77. The number of ether oxygens (including phenoxy) is 2. The summed E-state index contributed by atoms with van der Waals surface area (Å²) >= 11 is 0. The van der Waals surface area contributed by atoms with Crippen LogP contribution in [-0.2, 0) is 6.61 Å². The first kappa shape index (κ1) is 25.3. The minimum atomic E-state index is -0.649. The second-order valence-electron chi connectivity index (χ2n) is 9.38. The quantitative estimate of drug-likeness (QED) is 0.338. The molecule has 1 aromatic heterocycles. The summed E-state index contributed by atoms with van der Waals surface area (Å²) in [6.07, 6.45) is 0. The lowest BCUT2D eigenvalue weighted by Crippen LogP contribution is -2.11. The van der Waals surface area contributed by atoms with Crippen LogP contribution in [0.25, 0.3) is 11.1 Å². The topological polar surface area (TPSA) is 89.1 Å². The molecule has 1 atom stereocenters. The van der Waals surface area contributed by atoms with Crippen LogP contribution in [0, 0.1) is 13.8 Å². The van der Waals surface area contributed by atoms with Gasteiger partial charge in [0.2, 0.25) is 11.2 Å². The van der Waals surface area contributed by atoms with E-state index in [4.69, 9.17) is 13.9 Å². The lowest BCUT2D eigenvalue weighted by atomic mass is 9.85. The lowest BCUT2D eigenvalue weighted by Gasteiger charge is -2.21. The Kier molecular flexibility index (Phi) is 7.09. The van der Waals surface area contributed by atoms with Gasteiger partial charge in [0.15, 0.2) is 17.3 Å². The minimum Gasteiger partial charge on any atom is -0.502 e. The molecule has 2 aliphatic rings. The van der Waals surface area contributed by atoms with Gasteiger partial charge in [0.05, 0.1) is 20.1 Å². The molecule has 4 rings (SSSR count). The molecule has 0 aliphatic heterocycles. The minimum absolute atomic E-state index is 0.0701. The number of aromatic hydroxyl groups is 1. The number of rotatable bonds is 7. The Morgan fingerprint density at radius 2 is 1.58 bits per heavy atom. The van der Waals surface area contributed by atoms with Crippen molar-refractivity contribution in [2.75, 3.05) is 14.2 Å². The number of hydrogen-bond donors (Lipinski definition) is 2. The second-order valence-corrected chi connectivity index (χ2v) is 9.38. The van der Waals surface area contributed by atoms with Gasteiger partial charge in [-0.1, -0.05) is 44.2 Å². The van der Waals surface area contributed by atoms with Gasteiger partial charge in [0, 0.05) is 6.07 Å². The van der Waals surface area contributed by atoms with Gasteiger partial charge in [0.1, 0.15) is 12.4 Å². The van der Waals surface area contributed by atoms with Crippen molar-refractivity contribution >= 4 is 0 Å². The Morgan fingerprint density at radius 3 is 2.22 bits per heavy atom. The van der Waals surface area contributed by atoms with Gasteiger partial charge >= 0.3 is 0 Å². The van der Waals surface area contributed by atoms with E-state index in [9.17, 15) is 15.0 Å². The Labute approximate surface area is 211 Å². The molecule has 2 aliphatic carbocycles. The Balaban J connectivity index is 2.08. The van der Waals surface area contributed by atoms with E-state index in [1.807, 2.05) is 12.1 Å². The molecule has 0 saturated heterocycles. The highest BCUT2D eigenvalue weighted by molar-refractivity contribution is 5.80. The van der Waals surface area contributed by atoms with Crippen LogP contribution in [0.4, 0.5) is 0 Å². The highest BCUT2D eigenvalue weighted by Crippen LogP contribution is 2.47. The molecule has 0 fully saturated rings. The predicted molar refractivity (Wildman–Crippen MR) is 140 cm³/mol. The first-order valence-corrected chi connectivity index (χ1v) is 11.9. The first-order chi connectivity index (χ1) is 17.2. The van der Waals surface area contributed by atoms with Crippen molar-refractivity contribution in [2.24, 2.45) is 0 Å². The molecule has 36 heavy (non-hydrogen) atoms. The van der Waals surface area contributed by atoms with Crippen LogP contribution in [0.1, 0.15) is 65.0 Å². The Morgan fingerprint density at radius 1 is 0.889 bits per heavy atom.